The first-order valence-electron chi connectivity index (χ1n) is 42.8. The van der Waals surface area contributed by atoms with Gasteiger partial charge >= 0.3 is 30.9 Å². The maximum Gasteiger partial charge on any atom is 0.435 e. The van der Waals surface area contributed by atoms with Crippen LogP contribution in [0.15, 0.2) is 286 Å². The van der Waals surface area contributed by atoms with E-state index in [0.29, 0.717) is 74.3 Å². The highest BCUT2D eigenvalue weighted by Gasteiger charge is 2.44. The minimum absolute atomic E-state index is 0.0557. The molecule has 0 aliphatic carbocycles. The van der Waals surface area contributed by atoms with Gasteiger partial charge in [0.05, 0.1) is 25.8 Å². The van der Waals surface area contributed by atoms with Gasteiger partial charge in [-0.05, 0) is 201 Å². The lowest BCUT2D eigenvalue weighted by Crippen LogP contribution is -2.09. The van der Waals surface area contributed by atoms with Gasteiger partial charge in [0.25, 0.3) is 0 Å². The molecule has 15 heterocycles. The van der Waals surface area contributed by atoms with Crippen LogP contribution in [-0.2, 0) is 30.9 Å². The molecule has 0 amide bonds. The third-order valence-electron chi connectivity index (χ3n) is 20.9. The highest BCUT2D eigenvalue weighted by Crippen LogP contribution is 2.44. The Bertz CT molecular complexity index is 7810. The molecule has 0 aliphatic rings. The van der Waals surface area contributed by atoms with Crippen LogP contribution in [0.4, 0.5) is 128 Å². The van der Waals surface area contributed by atoms with Crippen LogP contribution in [0.2, 0.25) is 10.0 Å². The zero-order valence-electron chi connectivity index (χ0n) is 75.4. The molecule has 0 saturated carbocycles. The lowest BCUT2D eigenvalue weighted by molar-refractivity contribution is -0.141. The van der Waals surface area contributed by atoms with Gasteiger partial charge in [0.15, 0.2) is 69.2 Å². The zero-order valence-corrected chi connectivity index (χ0v) is 76.9. The minimum atomic E-state index is -4.69. The summed E-state index contributed by atoms with van der Waals surface area (Å²) < 4.78 is 239. The van der Waals surface area contributed by atoms with Crippen molar-refractivity contribution in [3.63, 3.8) is 0 Å². The summed E-state index contributed by atoms with van der Waals surface area (Å²) in [4.78, 5) is 60.0. The number of methoxy groups -OCH3 is 2. The van der Waals surface area contributed by atoms with Crippen molar-refractivity contribution in [2.24, 2.45) is 0 Å². The topological polar surface area (TPSA) is 303 Å². The van der Waals surface area contributed by atoms with E-state index in [4.69, 9.17) is 37.4 Å². The molecule has 46 heteroatoms. The van der Waals surface area contributed by atoms with Gasteiger partial charge in [-0.3, -0.25) is 22.0 Å². The largest absolute Gasteiger partial charge is 0.495 e. The summed E-state index contributed by atoms with van der Waals surface area (Å²) in [6.07, 6.45) is -8.88. The monoisotopic (exact) mass is 2020 g/mol. The third kappa shape index (κ3) is 23.1. The number of alkyl halides is 15. The molecule has 5 N–H and O–H groups in total. The van der Waals surface area contributed by atoms with Crippen molar-refractivity contribution in [1.29, 1.82) is 0 Å². The summed E-state index contributed by atoms with van der Waals surface area (Å²) in [5.41, 5.74) is -0.328. The van der Waals surface area contributed by atoms with Gasteiger partial charge in [0, 0.05) is 101 Å². The summed E-state index contributed by atoms with van der Waals surface area (Å²) in [5.74, 6) is 2.19. The van der Waals surface area contributed by atoms with Crippen molar-refractivity contribution in [2.45, 2.75) is 64.5 Å². The van der Waals surface area contributed by atoms with Crippen LogP contribution in [-0.4, -0.2) is 118 Å². The lowest BCUT2D eigenvalue weighted by Gasteiger charge is -2.10. The van der Waals surface area contributed by atoms with Gasteiger partial charge in [-0.2, -0.15) is 65.9 Å². The average Bonchev–Trinajstić information content (AvgIpc) is 1.63. The number of pyridine rings is 5. The molecule has 5 aromatic carbocycles. The normalized spacial score (nSPS) is 11.7. The number of hydrogen-bond donors (Lipinski definition) is 5. The third-order valence-corrected chi connectivity index (χ3v) is 21.6. The van der Waals surface area contributed by atoms with Crippen LogP contribution in [0.5, 0.6) is 17.2 Å². The Morgan fingerprint density at radius 3 is 0.840 bits per heavy atom. The smallest absolute Gasteiger partial charge is 0.435 e. The first-order chi connectivity index (χ1) is 68.8. The first-order valence-corrected chi connectivity index (χ1v) is 43.6. The van der Waals surface area contributed by atoms with Crippen molar-refractivity contribution in [2.75, 3.05) is 47.4 Å². The summed E-state index contributed by atoms with van der Waals surface area (Å²) in [6, 6.07) is 60.9. The Morgan fingerprint density at radius 1 is 0.312 bits per heavy atom. The number of nitrogens with zero attached hydrogens (tertiary/aromatic N) is 20. The number of ether oxygens (including phenoxy) is 3. The number of aryl methyl sites for hydroxylation is 1. The highest BCUT2D eigenvalue weighted by atomic mass is 35.5. The lowest BCUT2D eigenvalue weighted by atomic mass is 10.0. The summed E-state index contributed by atoms with van der Waals surface area (Å²) in [7, 11) is 2.84. The maximum absolute atomic E-state index is 13.9. The highest BCUT2D eigenvalue weighted by molar-refractivity contribution is 6.32. The molecule has 0 aliphatic heterocycles. The van der Waals surface area contributed by atoms with Crippen LogP contribution in [0.25, 0.3) is 85.8 Å². The molecule has 20 rings (SSSR count). The van der Waals surface area contributed by atoms with Crippen LogP contribution >= 0.6 is 23.2 Å². The standard InChI is InChI=1S/C21H18F3N5.C20H16F3N5O.C19H13ClF3N5O.C19H13ClF3N5.C19H13F4N5O/c1-13(2)14-6-8-15(9-7-14)26-16-10-11-25-20(27-16)18-19(21(22,23)24)28-17-5-3-4-12-29(17)18;1-2-29-14-8-6-13(7-9-14)25-15-10-11-24-19(26-15)17-18(20(21,22)23)27-16-5-3-4-12-28(16)17;1-29-13-6-5-11(10-12(13)20)25-14-7-8-24-18(26-14)16-17(19(21,22)23)27-15-4-2-3-9-28(15)16;1-11-5-6-12(10-13(11)20)25-14-7-8-24-18(26-14)16-17(19(21,22)23)27-15-4-2-3-9-28(15)16;1-29-13-6-5-11(10-12(13)20)25-14-7-8-24-18(26-14)16-17(19(21,22)23)27-15-4-2-3-9-28(15)16/h3-13H,1-2H3,(H,25,26,27);3-12H,2H2,1H3,(H,24,25,26);2-10H,1H3,(H,24,25,26);2-10H,1H3,(H,24,25,26);2-10H,1H3,(H,24,25,26). The van der Waals surface area contributed by atoms with Crippen LogP contribution in [0.1, 0.15) is 66.3 Å². The Kier molecular flexibility index (Phi) is 29.2. The number of rotatable bonds is 20. The van der Waals surface area contributed by atoms with Crippen molar-refractivity contribution in [1.82, 2.24) is 96.8 Å². The number of benzene rings is 5. The summed E-state index contributed by atoms with van der Waals surface area (Å²) in [6.45, 7) is 8.53. The van der Waals surface area contributed by atoms with E-state index < -0.39 is 65.2 Å². The summed E-state index contributed by atoms with van der Waals surface area (Å²) >= 11 is 12.2. The van der Waals surface area contributed by atoms with E-state index in [1.54, 1.807) is 140 Å². The van der Waals surface area contributed by atoms with E-state index in [1.807, 2.05) is 44.2 Å². The molecule has 144 heavy (non-hydrogen) atoms. The van der Waals surface area contributed by atoms with Gasteiger partial charge in [0.1, 0.15) is 97.3 Å². The zero-order chi connectivity index (χ0) is 102. The second kappa shape index (κ2) is 42.1. The van der Waals surface area contributed by atoms with E-state index in [9.17, 15) is 70.2 Å². The molecule has 0 saturated heterocycles. The number of nitrogens with one attached hydrogen (secondary N) is 5. The molecule has 0 atom stereocenters. The van der Waals surface area contributed by atoms with E-state index in [2.05, 4.69) is 115 Å². The quantitative estimate of drug-likeness (QED) is 0.0443. The Hall–Kier alpha value is -17.2. The molecule has 0 fully saturated rings. The number of imidazole rings is 5. The SMILES string of the molecule is CC(C)c1ccc(Nc2ccnc(-c3c(C(F)(F)F)nc4ccccn34)n2)cc1.CCOc1ccc(Nc2ccnc(-c3c(C(F)(F)F)nc4ccccn34)n2)cc1.COc1ccc(Nc2ccnc(-c3c(C(F)(F)F)nc4ccccn34)n2)cc1Cl.COc1ccc(Nc2ccnc(-c3c(C(F)(F)F)nc4ccccn34)n2)cc1F.Cc1ccc(Nc2ccnc(-c3c(C(F)(F)F)nc4ccccn34)n2)cc1Cl. The fourth-order valence-corrected chi connectivity index (χ4v) is 14.8. The Labute approximate surface area is 814 Å². The van der Waals surface area contributed by atoms with Gasteiger partial charge in [0.2, 0.25) is 0 Å². The second-order valence-corrected chi connectivity index (χ2v) is 31.8. The second-order valence-electron chi connectivity index (χ2n) is 31.0. The van der Waals surface area contributed by atoms with Crippen molar-refractivity contribution >= 4 is 109 Å². The van der Waals surface area contributed by atoms with E-state index in [0.717, 1.165) is 17.0 Å². The molecule has 0 unspecified atom stereocenters. The molecule has 0 bridgehead atoms. The van der Waals surface area contributed by atoms with Crippen molar-refractivity contribution < 1.29 is 84.5 Å². The predicted molar refractivity (Wildman–Crippen MR) is 508 cm³/mol. The fourth-order valence-electron chi connectivity index (χ4n) is 14.4. The maximum atomic E-state index is 13.9. The van der Waals surface area contributed by atoms with Gasteiger partial charge < -0.3 is 40.8 Å². The van der Waals surface area contributed by atoms with Crippen LogP contribution in [0, 0.1) is 12.7 Å². The van der Waals surface area contributed by atoms with E-state index >= 15 is 0 Å². The fraction of sp³-hybridized carbons (Fsp3) is 0.133. The summed E-state index contributed by atoms with van der Waals surface area (Å²) in [5, 5.41) is 16.0. The molecule has 28 nitrogen and oxygen atoms in total. The molecule has 0 spiro atoms. The molecule has 0 radical (unpaired) electrons. The van der Waals surface area contributed by atoms with Gasteiger partial charge in [-0.15, -0.1) is 0 Å². The van der Waals surface area contributed by atoms with E-state index in [1.165, 1.54) is 158 Å². The average molecular weight is 2020 g/mol. The minimum Gasteiger partial charge on any atom is -0.495 e. The van der Waals surface area contributed by atoms with Gasteiger partial charge in [-0.1, -0.05) is 85.6 Å². The van der Waals surface area contributed by atoms with Crippen molar-refractivity contribution in [3.05, 3.63) is 342 Å². The number of aromatic nitrogens is 20. The van der Waals surface area contributed by atoms with Crippen LogP contribution in [0.3, 0.4) is 0 Å². The van der Waals surface area contributed by atoms with E-state index in [-0.39, 0.29) is 97.4 Å². The molecular weight excluding hydrogens is 1950 g/mol. The molecule has 15 aromatic heterocycles. The first kappa shape index (κ1) is 99.8. The Morgan fingerprint density at radius 2 is 0.576 bits per heavy atom. The van der Waals surface area contributed by atoms with Crippen LogP contribution < -0.4 is 40.8 Å². The number of halogens is 18. The number of hydrogen-bond acceptors (Lipinski definition) is 23. The molecular formula is C98H73Cl2F16N25O3. The van der Waals surface area contributed by atoms with Gasteiger partial charge in [-0.25, -0.2) is 79.2 Å². The van der Waals surface area contributed by atoms with Crippen molar-refractivity contribution in [3.8, 4) is 74.8 Å². The molecule has 734 valence electrons. The predicted octanol–water partition coefficient (Wildman–Crippen LogP) is 26.1. The number of fused-ring (bicyclic) bond motifs is 5. The number of anilines is 10. The Balaban J connectivity index is 0.000000129. The molecule has 20 aromatic rings.